The SMILES string of the molecule is Cc1ccc2cccc(Oc3nc(Cl)ncc3N)c2n1. The van der Waals surface area contributed by atoms with Crippen LogP contribution in [0.2, 0.25) is 5.28 Å². The van der Waals surface area contributed by atoms with Gasteiger partial charge in [-0.3, -0.25) is 0 Å². The molecule has 0 saturated heterocycles. The van der Waals surface area contributed by atoms with Gasteiger partial charge in [-0.05, 0) is 30.7 Å². The Labute approximate surface area is 120 Å². The summed E-state index contributed by atoms with van der Waals surface area (Å²) >= 11 is 5.75. The lowest BCUT2D eigenvalue weighted by Crippen LogP contribution is -1.98. The van der Waals surface area contributed by atoms with Crippen molar-refractivity contribution in [1.29, 1.82) is 0 Å². The number of pyridine rings is 1. The summed E-state index contributed by atoms with van der Waals surface area (Å²) in [4.78, 5) is 12.2. The summed E-state index contributed by atoms with van der Waals surface area (Å²) in [6.45, 7) is 1.92. The van der Waals surface area contributed by atoms with Crippen LogP contribution in [0.1, 0.15) is 5.69 Å². The number of hydrogen-bond acceptors (Lipinski definition) is 5. The molecule has 1 aromatic carbocycles. The van der Waals surface area contributed by atoms with Crippen molar-refractivity contribution in [3.63, 3.8) is 0 Å². The lowest BCUT2D eigenvalue weighted by molar-refractivity contribution is 0.468. The molecule has 100 valence electrons. The van der Waals surface area contributed by atoms with Crippen LogP contribution in [-0.2, 0) is 0 Å². The van der Waals surface area contributed by atoms with E-state index in [1.54, 1.807) is 0 Å². The molecule has 0 unspecified atom stereocenters. The van der Waals surface area contributed by atoms with Crippen LogP contribution in [0.4, 0.5) is 5.69 Å². The second-order valence-corrected chi connectivity index (χ2v) is 4.62. The Morgan fingerprint density at radius 2 is 2.00 bits per heavy atom. The lowest BCUT2D eigenvalue weighted by Gasteiger charge is -2.09. The van der Waals surface area contributed by atoms with Gasteiger partial charge in [-0.2, -0.15) is 4.98 Å². The fourth-order valence-corrected chi connectivity index (χ4v) is 1.97. The fourth-order valence-electron chi connectivity index (χ4n) is 1.84. The zero-order chi connectivity index (χ0) is 14.1. The van der Waals surface area contributed by atoms with Crippen molar-refractivity contribution in [2.45, 2.75) is 6.92 Å². The summed E-state index contributed by atoms with van der Waals surface area (Å²) in [6.07, 6.45) is 1.41. The van der Waals surface area contributed by atoms with E-state index in [4.69, 9.17) is 22.1 Å². The summed E-state index contributed by atoms with van der Waals surface area (Å²) in [5.41, 5.74) is 7.76. The Kier molecular flexibility index (Phi) is 3.12. The van der Waals surface area contributed by atoms with Crippen LogP contribution < -0.4 is 10.5 Å². The highest BCUT2D eigenvalue weighted by Crippen LogP contribution is 2.30. The van der Waals surface area contributed by atoms with Crippen LogP contribution in [0.15, 0.2) is 36.5 Å². The topological polar surface area (TPSA) is 73.9 Å². The minimum absolute atomic E-state index is 0.0820. The number of aromatic nitrogens is 3. The number of fused-ring (bicyclic) bond motifs is 1. The molecule has 3 rings (SSSR count). The molecule has 2 heterocycles. The Bertz CT molecular complexity index is 791. The van der Waals surface area contributed by atoms with Crippen LogP contribution in [0.25, 0.3) is 10.9 Å². The number of anilines is 1. The Balaban J connectivity index is 2.10. The zero-order valence-corrected chi connectivity index (χ0v) is 11.4. The molecule has 0 bridgehead atoms. The third kappa shape index (κ3) is 2.35. The van der Waals surface area contributed by atoms with Crippen LogP contribution in [0.3, 0.4) is 0 Å². The van der Waals surface area contributed by atoms with Crippen molar-refractivity contribution in [2.75, 3.05) is 5.73 Å². The van der Waals surface area contributed by atoms with Gasteiger partial charge in [0.25, 0.3) is 0 Å². The molecule has 2 aromatic heterocycles. The summed E-state index contributed by atoms with van der Waals surface area (Å²) in [6, 6.07) is 9.59. The van der Waals surface area contributed by atoms with Crippen LogP contribution in [-0.4, -0.2) is 15.0 Å². The molecule has 0 fully saturated rings. The van der Waals surface area contributed by atoms with Gasteiger partial charge in [0.15, 0.2) is 5.75 Å². The van der Waals surface area contributed by atoms with Gasteiger partial charge >= 0.3 is 0 Å². The first-order valence-corrected chi connectivity index (χ1v) is 6.33. The first-order valence-electron chi connectivity index (χ1n) is 5.96. The quantitative estimate of drug-likeness (QED) is 0.731. The Hall–Kier alpha value is -2.40. The van der Waals surface area contributed by atoms with Gasteiger partial charge in [0, 0.05) is 11.1 Å². The van der Waals surface area contributed by atoms with Crippen LogP contribution >= 0.6 is 11.6 Å². The highest BCUT2D eigenvalue weighted by atomic mass is 35.5. The van der Waals surface area contributed by atoms with E-state index >= 15 is 0 Å². The van der Waals surface area contributed by atoms with E-state index in [0.29, 0.717) is 11.4 Å². The molecule has 0 spiro atoms. The molecule has 0 aliphatic heterocycles. The summed E-state index contributed by atoms with van der Waals surface area (Å²) < 4.78 is 5.74. The van der Waals surface area contributed by atoms with Gasteiger partial charge in [0.1, 0.15) is 11.2 Å². The molecule has 0 aliphatic carbocycles. The first kappa shape index (κ1) is 12.6. The van der Waals surface area contributed by atoms with Crippen molar-refractivity contribution >= 4 is 28.2 Å². The zero-order valence-electron chi connectivity index (χ0n) is 10.7. The largest absolute Gasteiger partial charge is 0.435 e. The summed E-state index contributed by atoms with van der Waals surface area (Å²) in [5, 5.41) is 1.06. The lowest BCUT2D eigenvalue weighted by atomic mass is 10.2. The maximum atomic E-state index is 5.78. The second-order valence-electron chi connectivity index (χ2n) is 4.28. The number of halogens is 1. The van der Waals surface area contributed by atoms with E-state index in [1.807, 2.05) is 37.3 Å². The number of ether oxygens (including phenoxy) is 1. The summed E-state index contributed by atoms with van der Waals surface area (Å²) in [5.74, 6) is 0.800. The molecule has 0 amide bonds. The standard InChI is InChI=1S/C14H11ClN4O/c1-8-5-6-9-3-2-4-11(12(9)18-8)20-13-10(16)7-17-14(15)19-13/h2-7H,16H2,1H3. The van der Waals surface area contributed by atoms with Gasteiger partial charge in [-0.1, -0.05) is 18.2 Å². The minimum atomic E-state index is 0.0820. The number of aryl methyl sites for hydroxylation is 1. The van der Waals surface area contributed by atoms with E-state index < -0.39 is 0 Å². The number of nitrogens with two attached hydrogens (primary N) is 1. The molecule has 2 N–H and O–H groups in total. The monoisotopic (exact) mass is 286 g/mol. The number of nitrogens with zero attached hydrogens (tertiary/aromatic N) is 3. The number of rotatable bonds is 2. The van der Waals surface area contributed by atoms with Crippen molar-refractivity contribution in [3.8, 4) is 11.6 Å². The van der Waals surface area contributed by atoms with Gasteiger partial charge in [-0.15, -0.1) is 0 Å². The minimum Gasteiger partial charge on any atom is -0.435 e. The molecule has 6 heteroatoms. The molecule has 0 atom stereocenters. The van der Waals surface area contributed by atoms with Crippen LogP contribution in [0.5, 0.6) is 11.6 Å². The molecule has 3 aromatic rings. The average molecular weight is 287 g/mol. The third-order valence-corrected chi connectivity index (χ3v) is 2.96. The average Bonchev–Trinajstić information content (AvgIpc) is 2.43. The second kappa shape index (κ2) is 4.94. The fraction of sp³-hybridized carbons (Fsp3) is 0.0714. The highest BCUT2D eigenvalue weighted by Gasteiger charge is 2.09. The van der Waals surface area contributed by atoms with Crippen molar-refractivity contribution in [3.05, 3.63) is 47.5 Å². The summed E-state index contributed by atoms with van der Waals surface area (Å²) in [7, 11) is 0. The van der Waals surface area contributed by atoms with E-state index in [-0.39, 0.29) is 11.2 Å². The van der Waals surface area contributed by atoms with Gasteiger partial charge in [0.05, 0.1) is 6.20 Å². The Morgan fingerprint density at radius 3 is 2.85 bits per heavy atom. The third-order valence-electron chi connectivity index (χ3n) is 2.78. The predicted octanol–water partition coefficient (Wildman–Crippen LogP) is 3.36. The maximum Gasteiger partial charge on any atom is 0.247 e. The van der Waals surface area contributed by atoms with Crippen molar-refractivity contribution < 1.29 is 4.74 Å². The molecule has 20 heavy (non-hydrogen) atoms. The number of nitrogen functional groups attached to an aromatic ring is 1. The van der Waals surface area contributed by atoms with Crippen molar-refractivity contribution in [2.24, 2.45) is 0 Å². The number of benzene rings is 1. The van der Waals surface area contributed by atoms with Crippen LogP contribution in [0, 0.1) is 6.92 Å². The molecule has 5 nitrogen and oxygen atoms in total. The number of hydrogen-bond donors (Lipinski definition) is 1. The normalized spacial score (nSPS) is 10.7. The van der Waals surface area contributed by atoms with E-state index in [1.165, 1.54) is 6.20 Å². The molecular formula is C14H11ClN4O. The molecular weight excluding hydrogens is 276 g/mol. The van der Waals surface area contributed by atoms with Gasteiger partial charge in [-0.25, -0.2) is 9.97 Å². The first-order chi connectivity index (χ1) is 9.63. The maximum absolute atomic E-state index is 5.78. The smallest absolute Gasteiger partial charge is 0.247 e. The van der Waals surface area contributed by atoms with E-state index in [9.17, 15) is 0 Å². The molecule has 0 radical (unpaired) electrons. The van der Waals surface area contributed by atoms with Gasteiger partial charge in [0.2, 0.25) is 11.2 Å². The number of para-hydroxylation sites is 1. The van der Waals surface area contributed by atoms with E-state index in [2.05, 4.69) is 15.0 Å². The molecule has 0 saturated carbocycles. The van der Waals surface area contributed by atoms with Crippen molar-refractivity contribution in [1.82, 2.24) is 15.0 Å². The predicted molar refractivity (Wildman–Crippen MR) is 78.0 cm³/mol. The van der Waals surface area contributed by atoms with Gasteiger partial charge < -0.3 is 10.5 Å². The highest BCUT2D eigenvalue weighted by molar-refractivity contribution is 6.28. The Morgan fingerprint density at radius 1 is 1.15 bits per heavy atom. The van der Waals surface area contributed by atoms with E-state index in [0.717, 1.165) is 16.6 Å². The molecule has 0 aliphatic rings.